The summed E-state index contributed by atoms with van der Waals surface area (Å²) in [6.07, 6.45) is 0. The number of hydrogen-bond acceptors (Lipinski definition) is 6. The van der Waals surface area contributed by atoms with Gasteiger partial charge in [0, 0.05) is 54.6 Å². The monoisotopic (exact) mass is 782 g/mol. The molecule has 68 valence electrons. The van der Waals surface area contributed by atoms with Crippen LogP contribution in [0.15, 0.2) is 0 Å². The largest absolute Gasteiger partial charge is 0 e. The van der Waals surface area contributed by atoms with Crippen LogP contribution in [-0.2, 0) is 67.1 Å². The van der Waals surface area contributed by atoms with Gasteiger partial charge in [-0.2, -0.15) is 0 Å². The summed E-state index contributed by atoms with van der Waals surface area (Å²) < 4.78 is 51.6. The van der Waals surface area contributed by atoms with Gasteiger partial charge in [0.1, 0.15) is 0 Å². The molecular weight excluding hydrogens is 779 g/mol. The summed E-state index contributed by atoms with van der Waals surface area (Å²) in [5.41, 5.74) is 0. The summed E-state index contributed by atoms with van der Waals surface area (Å²) in [4.78, 5) is 0. The van der Waals surface area contributed by atoms with Crippen molar-refractivity contribution in [3.63, 3.8) is 0 Å². The number of rotatable bonds is 0. The molecule has 12 heavy (non-hydrogen) atoms. The molecule has 0 saturated heterocycles. The Morgan fingerprint density at radius 2 is 0.750 bits per heavy atom. The SMILES string of the molecule is [MgH2].[Ni+2].[O]=[Nb](=[O])[O-].[O]=[Nb](=[O])[O-].[Pb].[Pb]. The van der Waals surface area contributed by atoms with Gasteiger partial charge >= 0.3 is 97.3 Å². The van der Waals surface area contributed by atoms with Crippen LogP contribution in [0, 0.1) is 0 Å². The van der Waals surface area contributed by atoms with Crippen molar-refractivity contribution in [1.82, 2.24) is 0 Å². The van der Waals surface area contributed by atoms with E-state index in [1.807, 2.05) is 0 Å². The zero-order valence-corrected chi connectivity index (χ0v) is 17.8. The van der Waals surface area contributed by atoms with Gasteiger partial charge in [0.2, 0.25) is 0 Å². The van der Waals surface area contributed by atoms with Gasteiger partial charge in [-0.25, -0.2) is 0 Å². The van der Waals surface area contributed by atoms with Gasteiger partial charge in [-0.15, -0.1) is 0 Å². The smallest absolute Gasteiger partial charge is 0 e. The molecule has 0 heterocycles. The molecular formula is H2MgNb2NiO6Pb2. The second kappa shape index (κ2) is 29.3. The summed E-state index contributed by atoms with van der Waals surface area (Å²) in [5.74, 6) is 0. The molecule has 8 radical (unpaired) electrons. The first-order chi connectivity index (χ1) is 3.46. The van der Waals surface area contributed by atoms with E-state index in [0.29, 0.717) is 0 Å². The standard InChI is InChI=1S/Mg.2Nb.Ni.6O.2Pb.2H/q;;;+2;;;;;2*-1;;;;. The van der Waals surface area contributed by atoms with Gasteiger partial charge in [-0.05, 0) is 0 Å². The minimum Gasteiger partial charge on any atom is 0 e. The zero-order chi connectivity index (χ0) is 7.15. The second-order valence-corrected chi connectivity index (χ2v) is 2.65. The molecule has 0 aliphatic heterocycles. The van der Waals surface area contributed by atoms with Crippen molar-refractivity contribution in [2.24, 2.45) is 0 Å². The first-order valence-electron chi connectivity index (χ1n) is 1.10. The van der Waals surface area contributed by atoms with Crippen molar-refractivity contribution < 1.29 is 74.3 Å². The Balaban J connectivity index is -0.0000000112. The predicted octanol–water partition coefficient (Wildman–Crippen LogP) is -4.54. The Morgan fingerprint density at radius 1 is 0.750 bits per heavy atom. The maximum Gasteiger partial charge on any atom is 0 e. The third-order valence-electron chi connectivity index (χ3n) is 0. The van der Waals surface area contributed by atoms with Crippen LogP contribution in [0.4, 0.5) is 0 Å². The Kier molecular flexibility index (Phi) is 88.1. The fourth-order valence-electron chi connectivity index (χ4n) is 0. The molecule has 0 N–H and O–H groups in total. The minimum atomic E-state index is -4.20. The first-order valence-corrected chi connectivity index (χ1v) is 6.48. The Labute approximate surface area is 149 Å². The molecule has 0 rings (SSSR count). The van der Waals surface area contributed by atoms with Crippen LogP contribution in [0.1, 0.15) is 0 Å². The fourth-order valence-corrected chi connectivity index (χ4v) is 0. The molecule has 0 saturated carbocycles. The van der Waals surface area contributed by atoms with Crippen molar-refractivity contribution >= 4 is 77.7 Å². The second-order valence-electron chi connectivity index (χ2n) is 0.447. The molecule has 0 bridgehead atoms. The van der Waals surface area contributed by atoms with Crippen molar-refractivity contribution in [1.29, 1.82) is 0 Å². The summed E-state index contributed by atoms with van der Waals surface area (Å²) in [7, 11) is 0. The summed E-state index contributed by atoms with van der Waals surface area (Å²) >= 11 is -8.40. The average molecular weight is 781 g/mol. The molecule has 6 nitrogen and oxygen atoms in total. The van der Waals surface area contributed by atoms with E-state index in [0.717, 1.165) is 0 Å². The van der Waals surface area contributed by atoms with Crippen LogP contribution in [0.5, 0.6) is 0 Å². The molecule has 0 amide bonds. The van der Waals surface area contributed by atoms with E-state index in [4.69, 9.17) is 20.2 Å². The molecule has 0 aromatic heterocycles. The van der Waals surface area contributed by atoms with E-state index in [2.05, 4.69) is 0 Å². The maximum absolute atomic E-state index is 8.60. The van der Waals surface area contributed by atoms with Gasteiger partial charge in [0.15, 0.2) is 0 Å². The van der Waals surface area contributed by atoms with Gasteiger partial charge in [-0.1, -0.05) is 0 Å². The van der Waals surface area contributed by atoms with E-state index < -0.39 is 37.6 Å². The summed E-state index contributed by atoms with van der Waals surface area (Å²) in [6, 6.07) is 0. The van der Waals surface area contributed by atoms with Crippen LogP contribution >= 0.6 is 0 Å². The van der Waals surface area contributed by atoms with Crippen LogP contribution < -0.4 is 7.23 Å². The Bertz CT molecular complexity index is 140. The van der Waals surface area contributed by atoms with Gasteiger partial charge < -0.3 is 0 Å². The fraction of sp³-hybridized carbons (Fsp3) is 0. The van der Waals surface area contributed by atoms with E-state index >= 15 is 0 Å². The zero-order valence-electron chi connectivity index (χ0n) is 4.66. The van der Waals surface area contributed by atoms with Crippen molar-refractivity contribution in [2.75, 3.05) is 0 Å². The van der Waals surface area contributed by atoms with Gasteiger partial charge in [0.25, 0.3) is 0 Å². The molecule has 0 unspecified atom stereocenters. The van der Waals surface area contributed by atoms with Gasteiger partial charge in [0.05, 0.1) is 0 Å². The summed E-state index contributed by atoms with van der Waals surface area (Å²) in [6.45, 7) is 0. The van der Waals surface area contributed by atoms with E-state index in [1.54, 1.807) is 0 Å². The van der Waals surface area contributed by atoms with Crippen LogP contribution in [0.25, 0.3) is 0 Å². The molecule has 0 aromatic rings. The quantitative estimate of drug-likeness (QED) is 0.229. The van der Waals surface area contributed by atoms with Gasteiger partial charge in [-0.3, -0.25) is 0 Å². The van der Waals surface area contributed by atoms with Crippen molar-refractivity contribution in [3.8, 4) is 0 Å². The molecule has 0 atom stereocenters. The average Bonchev–Trinajstić information content (AvgIpc) is 1.25. The topological polar surface area (TPSA) is 114 Å². The molecule has 0 aliphatic rings. The minimum absolute atomic E-state index is 0. The maximum atomic E-state index is 8.60. The number of hydrogen-bond donors (Lipinski definition) is 0. The predicted molar refractivity (Wildman–Crippen MR) is 22.8 cm³/mol. The molecule has 12 heteroatoms. The normalized spacial score (nSPS) is 4.17. The van der Waals surface area contributed by atoms with Crippen LogP contribution in [-0.4, -0.2) is 77.7 Å². The molecule has 0 fully saturated rings. The molecule has 0 spiro atoms. The third kappa shape index (κ3) is 161. The van der Waals surface area contributed by atoms with Crippen LogP contribution in [0.2, 0.25) is 0 Å². The van der Waals surface area contributed by atoms with Crippen molar-refractivity contribution in [2.45, 2.75) is 0 Å². The van der Waals surface area contributed by atoms with Crippen molar-refractivity contribution in [3.05, 3.63) is 0 Å². The third-order valence-corrected chi connectivity index (χ3v) is 0. The Hall–Kier alpha value is 3.70. The Morgan fingerprint density at radius 3 is 0.750 bits per heavy atom. The first kappa shape index (κ1) is 36.1. The van der Waals surface area contributed by atoms with E-state index in [1.165, 1.54) is 0 Å². The van der Waals surface area contributed by atoms with E-state index in [-0.39, 0.29) is 94.1 Å². The molecule has 0 aliphatic carbocycles. The van der Waals surface area contributed by atoms with Crippen LogP contribution in [0.3, 0.4) is 0 Å². The summed E-state index contributed by atoms with van der Waals surface area (Å²) in [5, 5.41) is 0. The van der Waals surface area contributed by atoms with E-state index in [9.17, 15) is 0 Å². The molecule has 0 aromatic carbocycles.